The predicted octanol–water partition coefficient (Wildman–Crippen LogP) is 1.29. The maximum atomic E-state index is 12.0. The minimum Gasteiger partial charge on any atom is -0.405 e. The highest BCUT2D eigenvalue weighted by Gasteiger charge is 2.47. The molecule has 1 spiro atoms. The molecule has 1 atom stereocenters. The zero-order valence-corrected chi connectivity index (χ0v) is 11.5. The molecule has 21 heavy (non-hydrogen) atoms. The molecule has 110 valence electrons. The minimum absolute atomic E-state index is 0.0228. The van der Waals surface area contributed by atoms with E-state index in [1.54, 1.807) is 0 Å². The number of rotatable bonds is 2. The number of aromatic amines is 2. The Morgan fingerprint density at radius 2 is 2.00 bits per heavy atom. The molecule has 0 radical (unpaired) electrons. The van der Waals surface area contributed by atoms with Gasteiger partial charge in [0, 0.05) is 6.07 Å². The maximum absolute atomic E-state index is 12.0. The van der Waals surface area contributed by atoms with Crippen LogP contribution in [0.3, 0.4) is 0 Å². The van der Waals surface area contributed by atoms with Crippen LogP contribution >= 0.6 is 0 Å². The summed E-state index contributed by atoms with van der Waals surface area (Å²) >= 11 is 0. The summed E-state index contributed by atoms with van der Waals surface area (Å²) < 4.78 is 4.95. The van der Waals surface area contributed by atoms with Gasteiger partial charge in [-0.3, -0.25) is 14.8 Å². The summed E-state index contributed by atoms with van der Waals surface area (Å²) in [5.41, 5.74) is -0.470. The maximum Gasteiger partial charge on any atom is 0.337 e. The van der Waals surface area contributed by atoms with E-state index in [1.165, 1.54) is 31.7 Å². The van der Waals surface area contributed by atoms with E-state index in [1.807, 2.05) is 0 Å². The molecule has 2 saturated carbocycles. The van der Waals surface area contributed by atoms with Gasteiger partial charge in [-0.15, -0.1) is 0 Å². The topological polar surface area (TPSA) is 95.9 Å². The van der Waals surface area contributed by atoms with Crippen LogP contribution in [0.5, 0.6) is 0 Å². The fourth-order valence-corrected chi connectivity index (χ4v) is 3.78. The summed E-state index contributed by atoms with van der Waals surface area (Å²) in [6, 6.07) is 1.38. The van der Waals surface area contributed by atoms with Crippen LogP contribution in [0.2, 0.25) is 0 Å². The first-order valence-corrected chi connectivity index (χ1v) is 7.34. The van der Waals surface area contributed by atoms with E-state index < -0.39 is 16.9 Å². The van der Waals surface area contributed by atoms with Gasteiger partial charge in [0.1, 0.15) is 5.39 Å². The van der Waals surface area contributed by atoms with Crippen LogP contribution in [0, 0.1) is 11.3 Å². The summed E-state index contributed by atoms with van der Waals surface area (Å²) in [6.07, 6.45) is 6.90. The number of hydrogen-bond acceptors (Lipinski definition) is 4. The lowest BCUT2D eigenvalue weighted by molar-refractivity contribution is 0.475. The zero-order valence-electron chi connectivity index (χ0n) is 11.5. The highest BCUT2D eigenvalue weighted by Crippen LogP contribution is 2.60. The minimum atomic E-state index is -0.661. The zero-order chi connectivity index (χ0) is 14.6. The molecule has 2 aromatic heterocycles. The fourth-order valence-electron chi connectivity index (χ4n) is 3.78. The van der Waals surface area contributed by atoms with Crippen LogP contribution in [0.4, 0.5) is 0 Å². The summed E-state index contributed by atoms with van der Waals surface area (Å²) in [5.74, 6) is 0.504. The van der Waals surface area contributed by atoms with Gasteiger partial charge in [0.25, 0.3) is 5.56 Å². The third-order valence-electron chi connectivity index (χ3n) is 4.99. The van der Waals surface area contributed by atoms with E-state index in [9.17, 15) is 14.4 Å². The van der Waals surface area contributed by atoms with Crippen molar-refractivity contribution in [3.05, 3.63) is 42.9 Å². The Morgan fingerprint density at radius 1 is 1.19 bits per heavy atom. The molecule has 2 heterocycles. The highest BCUT2D eigenvalue weighted by molar-refractivity contribution is 5.75. The van der Waals surface area contributed by atoms with Crippen LogP contribution in [0.15, 0.2) is 24.9 Å². The van der Waals surface area contributed by atoms with Crippen LogP contribution in [-0.2, 0) is 6.42 Å². The average molecular weight is 288 g/mol. The lowest BCUT2D eigenvalue weighted by Gasteiger charge is -2.11. The number of nitrogens with one attached hydrogen (secondary N) is 2. The summed E-state index contributed by atoms with van der Waals surface area (Å²) in [6.45, 7) is 0. The molecule has 0 bridgehead atoms. The van der Waals surface area contributed by atoms with E-state index in [2.05, 4.69) is 9.97 Å². The molecule has 6 heteroatoms. The second kappa shape index (κ2) is 4.19. The van der Waals surface area contributed by atoms with Crippen molar-refractivity contribution in [1.82, 2.24) is 9.97 Å². The Labute approximate surface area is 119 Å². The van der Waals surface area contributed by atoms with Crippen molar-refractivity contribution in [1.29, 1.82) is 0 Å². The monoisotopic (exact) mass is 288 g/mol. The molecule has 0 saturated heterocycles. The Kier molecular flexibility index (Phi) is 2.52. The molecule has 0 aliphatic heterocycles. The van der Waals surface area contributed by atoms with Gasteiger partial charge >= 0.3 is 11.3 Å². The second-order valence-corrected chi connectivity index (χ2v) is 6.52. The Morgan fingerprint density at radius 3 is 2.71 bits per heavy atom. The summed E-state index contributed by atoms with van der Waals surface area (Å²) in [4.78, 5) is 39.5. The van der Waals surface area contributed by atoms with Crippen molar-refractivity contribution in [3.63, 3.8) is 0 Å². The van der Waals surface area contributed by atoms with Gasteiger partial charge in [-0.25, -0.2) is 9.59 Å². The number of aromatic nitrogens is 2. The molecule has 0 aromatic carbocycles. The first kappa shape index (κ1) is 12.6. The molecule has 2 N–H and O–H groups in total. The third kappa shape index (κ3) is 2.14. The van der Waals surface area contributed by atoms with Gasteiger partial charge in [0.05, 0.1) is 0 Å². The highest BCUT2D eigenvalue weighted by atomic mass is 16.4. The van der Waals surface area contributed by atoms with Crippen molar-refractivity contribution >= 4 is 11.1 Å². The largest absolute Gasteiger partial charge is 0.405 e. The smallest absolute Gasteiger partial charge is 0.337 e. The third-order valence-corrected chi connectivity index (χ3v) is 4.99. The number of hydrogen-bond donors (Lipinski definition) is 2. The van der Waals surface area contributed by atoms with E-state index in [0.29, 0.717) is 28.7 Å². The molecular formula is C15H16N2O4. The SMILES string of the molecule is O=c1[nH]c(=O)c2c(C[C@@H]3CCC4(CC4)C3)cc(=O)oc2[nH]1. The molecule has 6 nitrogen and oxygen atoms in total. The van der Waals surface area contributed by atoms with Crippen molar-refractivity contribution in [2.45, 2.75) is 38.5 Å². The van der Waals surface area contributed by atoms with Crippen LogP contribution in [0.25, 0.3) is 11.1 Å². The van der Waals surface area contributed by atoms with Crippen LogP contribution in [0.1, 0.15) is 37.7 Å². The Balaban J connectivity index is 1.79. The van der Waals surface area contributed by atoms with Crippen molar-refractivity contribution < 1.29 is 4.42 Å². The second-order valence-electron chi connectivity index (χ2n) is 6.52. The molecule has 4 rings (SSSR count). The predicted molar refractivity (Wildman–Crippen MR) is 76.4 cm³/mol. The first-order valence-electron chi connectivity index (χ1n) is 7.34. The summed E-state index contributed by atoms with van der Waals surface area (Å²) in [7, 11) is 0. The van der Waals surface area contributed by atoms with E-state index >= 15 is 0 Å². The lowest BCUT2D eigenvalue weighted by atomic mass is 9.95. The van der Waals surface area contributed by atoms with Crippen molar-refractivity contribution in [2.24, 2.45) is 11.3 Å². The van der Waals surface area contributed by atoms with Crippen LogP contribution < -0.4 is 16.9 Å². The van der Waals surface area contributed by atoms with Gasteiger partial charge < -0.3 is 4.42 Å². The van der Waals surface area contributed by atoms with Crippen molar-refractivity contribution in [3.8, 4) is 0 Å². The quantitative estimate of drug-likeness (QED) is 0.870. The van der Waals surface area contributed by atoms with Gasteiger partial charge in [-0.2, -0.15) is 0 Å². The Bertz CT molecular complexity index is 880. The molecular weight excluding hydrogens is 272 g/mol. The van der Waals surface area contributed by atoms with Gasteiger partial charge in [0.15, 0.2) is 0 Å². The average Bonchev–Trinajstić information content (AvgIpc) is 3.02. The molecule has 0 amide bonds. The molecule has 0 unspecified atom stereocenters. The Hall–Kier alpha value is -2.11. The fraction of sp³-hybridized carbons (Fsp3) is 0.533. The number of H-pyrrole nitrogens is 2. The van der Waals surface area contributed by atoms with E-state index in [-0.39, 0.29) is 5.71 Å². The molecule has 2 fully saturated rings. The molecule has 2 aliphatic rings. The van der Waals surface area contributed by atoms with Crippen molar-refractivity contribution in [2.75, 3.05) is 0 Å². The number of fused-ring (bicyclic) bond motifs is 1. The first-order chi connectivity index (χ1) is 10.0. The van der Waals surface area contributed by atoms with Crippen LogP contribution in [-0.4, -0.2) is 9.97 Å². The normalized spacial score (nSPS) is 23.0. The molecule has 2 aromatic rings. The van der Waals surface area contributed by atoms with Gasteiger partial charge in [-0.05, 0) is 55.4 Å². The standard InChI is InChI=1S/C15H16N2O4/c18-10-6-9(5-8-1-2-15(7-8)3-4-15)11-12(19)16-14(20)17-13(11)21-10/h6,8H,1-5,7H2,(H2,16,17,19,20)/t8-/m0/s1. The molecule has 2 aliphatic carbocycles. The van der Waals surface area contributed by atoms with Gasteiger partial charge in [-0.1, -0.05) is 0 Å². The van der Waals surface area contributed by atoms with E-state index in [0.717, 1.165) is 6.42 Å². The van der Waals surface area contributed by atoms with E-state index in [4.69, 9.17) is 4.42 Å². The van der Waals surface area contributed by atoms with Gasteiger partial charge in [0.2, 0.25) is 5.71 Å². The lowest BCUT2D eigenvalue weighted by Crippen LogP contribution is -2.24. The summed E-state index contributed by atoms with van der Waals surface area (Å²) in [5, 5.41) is 0.297.